The molecule has 2 amide bonds. The Hall–Kier alpha value is -1.67. The standard InChI is InChI=1S/C12H26N6O2/c1-7(2)6-9(14)11(20)18-10(19)8(13)4-3-5-17-12(15)16/h7-9H,3-6,13-14H2,1-2H3,(H4,15,16,17)(H,18,19,20). The number of carbonyl (C=O) groups is 2. The SMILES string of the molecule is CC(C)CC(N)C(=O)NC(=O)C(N)CCCNC(=N)N. The average molecular weight is 286 g/mol. The van der Waals surface area contributed by atoms with Gasteiger partial charge in [0.25, 0.3) is 0 Å². The second kappa shape index (κ2) is 9.27. The van der Waals surface area contributed by atoms with Crippen molar-refractivity contribution >= 4 is 17.8 Å². The molecule has 0 fully saturated rings. The minimum atomic E-state index is -0.779. The molecule has 0 bridgehead atoms. The zero-order chi connectivity index (χ0) is 15.7. The quantitative estimate of drug-likeness (QED) is 0.183. The first kappa shape index (κ1) is 18.3. The third kappa shape index (κ3) is 8.44. The molecule has 0 radical (unpaired) electrons. The molecule has 20 heavy (non-hydrogen) atoms. The summed E-state index contributed by atoms with van der Waals surface area (Å²) in [6.07, 6.45) is 1.47. The zero-order valence-corrected chi connectivity index (χ0v) is 12.1. The summed E-state index contributed by atoms with van der Waals surface area (Å²) < 4.78 is 0. The molecule has 0 aliphatic heterocycles. The van der Waals surface area contributed by atoms with Gasteiger partial charge in [-0.1, -0.05) is 13.8 Å². The fourth-order valence-corrected chi connectivity index (χ4v) is 1.60. The second-order valence-corrected chi connectivity index (χ2v) is 5.18. The van der Waals surface area contributed by atoms with Crippen molar-refractivity contribution in [1.82, 2.24) is 10.6 Å². The van der Waals surface area contributed by atoms with E-state index in [0.29, 0.717) is 25.8 Å². The molecule has 9 N–H and O–H groups in total. The molecule has 0 aromatic rings. The Labute approximate surface area is 119 Å². The molecule has 0 aliphatic rings. The van der Waals surface area contributed by atoms with Gasteiger partial charge in [-0.05, 0) is 25.2 Å². The lowest BCUT2D eigenvalue weighted by Gasteiger charge is -2.16. The Morgan fingerprint density at radius 3 is 2.20 bits per heavy atom. The van der Waals surface area contributed by atoms with Crippen molar-refractivity contribution in [2.24, 2.45) is 23.1 Å². The summed E-state index contributed by atoms with van der Waals surface area (Å²) in [4.78, 5) is 23.3. The maximum atomic E-state index is 11.7. The topological polar surface area (TPSA) is 160 Å². The van der Waals surface area contributed by atoms with Gasteiger partial charge in [0.15, 0.2) is 5.96 Å². The van der Waals surface area contributed by atoms with Gasteiger partial charge in [0, 0.05) is 6.54 Å². The van der Waals surface area contributed by atoms with Crippen molar-refractivity contribution in [2.75, 3.05) is 6.54 Å². The Balaban J connectivity index is 4.00. The van der Waals surface area contributed by atoms with Gasteiger partial charge < -0.3 is 22.5 Å². The summed E-state index contributed by atoms with van der Waals surface area (Å²) >= 11 is 0. The van der Waals surface area contributed by atoms with Gasteiger partial charge >= 0.3 is 0 Å². The van der Waals surface area contributed by atoms with Gasteiger partial charge in [0.2, 0.25) is 11.8 Å². The highest BCUT2D eigenvalue weighted by Gasteiger charge is 2.20. The van der Waals surface area contributed by atoms with Crippen molar-refractivity contribution in [3.8, 4) is 0 Å². The molecule has 0 spiro atoms. The number of carbonyl (C=O) groups excluding carboxylic acids is 2. The number of hydrogen-bond acceptors (Lipinski definition) is 5. The van der Waals surface area contributed by atoms with E-state index in [9.17, 15) is 9.59 Å². The normalized spacial score (nSPS) is 13.7. The predicted molar refractivity (Wildman–Crippen MR) is 77.7 cm³/mol. The van der Waals surface area contributed by atoms with Crippen LogP contribution in [0.2, 0.25) is 0 Å². The Bertz CT molecular complexity index is 345. The molecule has 0 saturated carbocycles. The summed E-state index contributed by atoms with van der Waals surface area (Å²) in [6, 6.07) is -1.48. The second-order valence-electron chi connectivity index (χ2n) is 5.18. The largest absolute Gasteiger partial charge is 0.370 e. The maximum absolute atomic E-state index is 11.7. The van der Waals surface area contributed by atoms with E-state index in [1.54, 1.807) is 0 Å². The van der Waals surface area contributed by atoms with E-state index in [0.717, 1.165) is 0 Å². The fraction of sp³-hybridized carbons (Fsp3) is 0.750. The van der Waals surface area contributed by atoms with E-state index in [-0.39, 0.29) is 11.9 Å². The van der Waals surface area contributed by atoms with Crippen LogP contribution in [0, 0.1) is 11.3 Å². The van der Waals surface area contributed by atoms with Crippen LogP contribution in [0.3, 0.4) is 0 Å². The van der Waals surface area contributed by atoms with Gasteiger partial charge in [-0.3, -0.25) is 20.3 Å². The first-order valence-corrected chi connectivity index (χ1v) is 6.67. The number of nitrogens with one attached hydrogen (secondary N) is 3. The average Bonchev–Trinajstić information content (AvgIpc) is 2.32. The van der Waals surface area contributed by atoms with Crippen LogP contribution in [-0.4, -0.2) is 36.4 Å². The van der Waals surface area contributed by atoms with Crippen molar-refractivity contribution in [2.45, 2.75) is 45.2 Å². The lowest BCUT2D eigenvalue weighted by atomic mass is 10.0. The van der Waals surface area contributed by atoms with Crippen LogP contribution in [0.15, 0.2) is 0 Å². The Kier molecular flexibility index (Phi) is 8.49. The number of imide groups is 1. The zero-order valence-electron chi connectivity index (χ0n) is 12.1. The molecule has 116 valence electrons. The van der Waals surface area contributed by atoms with Crippen molar-refractivity contribution in [3.05, 3.63) is 0 Å². The van der Waals surface area contributed by atoms with Crippen molar-refractivity contribution < 1.29 is 9.59 Å². The molecule has 0 aromatic carbocycles. The van der Waals surface area contributed by atoms with Crippen LogP contribution in [-0.2, 0) is 9.59 Å². The lowest BCUT2D eigenvalue weighted by molar-refractivity contribution is -0.132. The van der Waals surface area contributed by atoms with E-state index in [1.165, 1.54) is 0 Å². The number of hydrogen-bond donors (Lipinski definition) is 6. The predicted octanol–water partition coefficient (Wildman–Crippen LogP) is -1.41. The Morgan fingerprint density at radius 2 is 1.70 bits per heavy atom. The number of rotatable bonds is 8. The van der Waals surface area contributed by atoms with Crippen LogP contribution >= 0.6 is 0 Å². The summed E-state index contributed by atoms with van der Waals surface area (Å²) in [7, 11) is 0. The van der Waals surface area contributed by atoms with Gasteiger partial charge in [-0.15, -0.1) is 0 Å². The lowest BCUT2D eigenvalue weighted by Crippen LogP contribution is -2.49. The minimum absolute atomic E-state index is 0.127. The molecule has 0 aliphatic carbocycles. The third-order valence-electron chi connectivity index (χ3n) is 2.65. The van der Waals surface area contributed by atoms with Crippen LogP contribution in [0.4, 0.5) is 0 Å². The smallest absolute Gasteiger partial charge is 0.243 e. The molecule has 0 saturated heterocycles. The highest BCUT2D eigenvalue weighted by Crippen LogP contribution is 2.02. The molecule has 0 aromatic heterocycles. The van der Waals surface area contributed by atoms with Gasteiger partial charge in [0.05, 0.1) is 12.1 Å². The summed E-state index contributed by atoms with van der Waals surface area (Å²) in [5.74, 6) is -0.881. The molecule has 2 unspecified atom stereocenters. The minimum Gasteiger partial charge on any atom is -0.370 e. The maximum Gasteiger partial charge on any atom is 0.243 e. The summed E-state index contributed by atoms with van der Waals surface area (Å²) in [5, 5.41) is 11.8. The van der Waals surface area contributed by atoms with E-state index in [1.807, 2.05) is 13.8 Å². The van der Waals surface area contributed by atoms with Crippen LogP contribution < -0.4 is 27.8 Å². The van der Waals surface area contributed by atoms with E-state index in [2.05, 4.69) is 10.6 Å². The van der Waals surface area contributed by atoms with E-state index >= 15 is 0 Å². The van der Waals surface area contributed by atoms with E-state index in [4.69, 9.17) is 22.6 Å². The van der Waals surface area contributed by atoms with Crippen molar-refractivity contribution in [3.63, 3.8) is 0 Å². The number of nitrogens with two attached hydrogens (primary N) is 3. The van der Waals surface area contributed by atoms with Gasteiger partial charge in [-0.2, -0.15) is 0 Å². The van der Waals surface area contributed by atoms with Gasteiger partial charge in [0.1, 0.15) is 0 Å². The fourth-order valence-electron chi connectivity index (χ4n) is 1.60. The molecule has 8 heteroatoms. The molecular weight excluding hydrogens is 260 g/mol. The highest BCUT2D eigenvalue weighted by molar-refractivity contribution is 5.99. The molecule has 0 heterocycles. The summed E-state index contributed by atoms with van der Waals surface area (Å²) in [6.45, 7) is 4.35. The monoisotopic (exact) mass is 286 g/mol. The Morgan fingerprint density at radius 1 is 1.15 bits per heavy atom. The van der Waals surface area contributed by atoms with Crippen LogP contribution in [0.1, 0.15) is 33.1 Å². The van der Waals surface area contributed by atoms with Crippen LogP contribution in [0.25, 0.3) is 0 Å². The van der Waals surface area contributed by atoms with E-state index < -0.39 is 23.9 Å². The third-order valence-corrected chi connectivity index (χ3v) is 2.65. The van der Waals surface area contributed by atoms with Gasteiger partial charge in [-0.25, -0.2) is 0 Å². The van der Waals surface area contributed by atoms with Crippen molar-refractivity contribution in [1.29, 1.82) is 5.41 Å². The van der Waals surface area contributed by atoms with Crippen LogP contribution in [0.5, 0.6) is 0 Å². The molecular formula is C12H26N6O2. The first-order valence-electron chi connectivity index (χ1n) is 6.67. The summed E-state index contributed by atoms with van der Waals surface area (Å²) in [5.41, 5.74) is 16.4. The molecule has 2 atom stereocenters. The molecule has 8 nitrogen and oxygen atoms in total. The number of amides is 2. The number of guanidine groups is 1. The first-order chi connectivity index (χ1) is 9.23. The molecule has 0 rings (SSSR count). The highest BCUT2D eigenvalue weighted by atomic mass is 16.2.